The van der Waals surface area contributed by atoms with Gasteiger partial charge in [-0.25, -0.2) is 13.1 Å². The molecule has 1 N–H and O–H groups in total. The zero-order chi connectivity index (χ0) is 12.5. The van der Waals surface area contributed by atoms with Crippen molar-refractivity contribution >= 4 is 21.4 Å². The second-order valence-corrected chi connectivity index (χ2v) is 6.42. The lowest BCUT2D eigenvalue weighted by molar-refractivity contribution is 0.581. The summed E-state index contributed by atoms with van der Waals surface area (Å²) in [5, 5.41) is 5.94. The van der Waals surface area contributed by atoms with Crippen LogP contribution in [0.25, 0.3) is 0 Å². The Morgan fingerprint density at radius 3 is 2.82 bits per heavy atom. The zero-order valence-electron chi connectivity index (χ0n) is 9.54. The van der Waals surface area contributed by atoms with Crippen molar-refractivity contribution in [3.05, 3.63) is 34.3 Å². The van der Waals surface area contributed by atoms with Crippen LogP contribution in [-0.4, -0.2) is 18.2 Å². The van der Waals surface area contributed by atoms with Crippen LogP contribution >= 0.6 is 11.3 Å². The smallest absolute Gasteiger partial charge is 0.244 e. The first-order valence-corrected chi connectivity index (χ1v) is 7.37. The predicted molar refractivity (Wildman–Crippen MR) is 66.3 cm³/mol. The Bertz CT molecular complexity index is 600. The van der Waals surface area contributed by atoms with E-state index < -0.39 is 10.0 Å². The third-order valence-corrected chi connectivity index (χ3v) is 4.66. The molecule has 0 amide bonds. The predicted octanol–water partition coefficient (Wildman–Crippen LogP) is 1.27. The molecule has 0 aliphatic rings. The summed E-state index contributed by atoms with van der Waals surface area (Å²) in [6.45, 7) is 1.99. The minimum atomic E-state index is -3.47. The zero-order valence-corrected chi connectivity index (χ0v) is 11.2. The number of aromatic nitrogens is 2. The largest absolute Gasteiger partial charge is 0.274 e. The SMILES string of the molecule is Cc1nn(C)cc1S(=O)(=O)NCc1cccs1. The molecule has 0 aromatic carbocycles. The number of thiophene rings is 1. The van der Waals surface area contributed by atoms with E-state index >= 15 is 0 Å². The summed E-state index contributed by atoms with van der Waals surface area (Å²) in [5.74, 6) is 0. The first kappa shape index (κ1) is 12.3. The number of hydrogen-bond acceptors (Lipinski definition) is 4. The van der Waals surface area contributed by atoms with Crippen molar-refractivity contribution in [2.45, 2.75) is 18.4 Å². The van der Waals surface area contributed by atoms with E-state index in [0.717, 1.165) is 4.88 Å². The van der Waals surface area contributed by atoms with Crippen LogP contribution in [0, 0.1) is 6.92 Å². The van der Waals surface area contributed by atoms with Gasteiger partial charge in [0, 0.05) is 24.7 Å². The van der Waals surface area contributed by atoms with Crippen molar-refractivity contribution in [2.24, 2.45) is 7.05 Å². The van der Waals surface area contributed by atoms with E-state index in [1.54, 1.807) is 14.0 Å². The molecular weight excluding hydrogens is 258 g/mol. The summed E-state index contributed by atoms with van der Waals surface area (Å²) in [5.41, 5.74) is 0.506. The molecular formula is C10H13N3O2S2. The summed E-state index contributed by atoms with van der Waals surface area (Å²) in [7, 11) is -1.77. The van der Waals surface area contributed by atoms with Crippen molar-refractivity contribution in [1.82, 2.24) is 14.5 Å². The van der Waals surface area contributed by atoms with Crippen molar-refractivity contribution in [3.8, 4) is 0 Å². The molecule has 0 radical (unpaired) electrons. The van der Waals surface area contributed by atoms with Gasteiger partial charge in [-0.1, -0.05) is 6.07 Å². The third kappa shape index (κ3) is 2.74. The van der Waals surface area contributed by atoms with Crippen LogP contribution in [-0.2, 0) is 23.6 Å². The number of nitrogens with zero attached hydrogens (tertiary/aromatic N) is 2. The van der Waals surface area contributed by atoms with Gasteiger partial charge in [-0.15, -0.1) is 11.3 Å². The molecule has 0 spiro atoms. The number of sulfonamides is 1. The average molecular weight is 271 g/mol. The normalized spacial score (nSPS) is 11.9. The first-order chi connectivity index (χ1) is 7.99. The van der Waals surface area contributed by atoms with Gasteiger partial charge in [0.2, 0.25) is 10.0 Å². The topological polar surface area (TPSA) is 64.0 Å². The van der Waals surface area contributed by atoms with Crippen LogP contribution in [0.1, 0.15) is 10.6 Å². The monoisotopic (exact) mass is 271 g/mol. The van der Waals surface area contributed by atoms with Gasteiger partial charge in [-0.3, -0.25) is 4.68 Å². The van der Waals surface area contributed by atoms with Crippen LogP contribution in [0.15, 0.2) is 28.6 Å². The Hall–Kier alpha value is -1.18. The molecule has 2 aromatic heterocycles. The molecule has 2 rings (SSSR count). The summed E-state index contributed by atoms with van der Waals surface area (Å²) in [6.07, 6.45) is 1.51. The van der Waals surface area contributed by atoms with Crippen molar-refractivity contribution in [1.29, 1.82) is 0 Å². The maximum absolute atomic E-state index is 12.0. The lowest BCUT2D eigenvalue weighted by Crippen LogP contribution is -2.23. The van der Waals surface area contributed by atoms with Crippen LogP contribution in [0.5, 0.6) is 0 Å². The summed E-state index contributed by atoms with van der Waals surface area (Å²) >= 11 is 1.52. The van der Waals surface area contributed by atoms with Crippen LogP contribution < -0.4 is 4.72 Å². The van der Waals surface area contributed by atoms with Crippen molar-refractivity contribution in [2.75, 3.05) is 0 Å². The van der Waals surface area contributed by atoms with E-state index in [0.29, 0.717) is 12.2 Å². The minimum Gasteiger partial charge on any atom is -0.274 e. The fraction of sp³-hybridized carbons (Fsp3) is 0.300. The molecule has 0 saturated carbocycles. The molecule has 0 fully saturated rings. The molecule has 2 aromatic rings. The van der Waals surface area contributed by atoms with Gasteiger partial charge in [0.05, 0.1) is 5.69 Å². The fourth-order valence-corrected chi connectivity index (χ4v) is 3.46. The second-order valence-electron chi connectivity index (χ2n) is 3.66. The lowest BCUT2D eigenvalue weighted by atomic mass is 10.5. The average Bonchev–Trinajstić information content (AvgIpc) is 2.85. The molecule has 0 aliphatic carbocycles. The van der Waals surface area contributed by atoms with Gasteiger partial charge >= 0.3 is 0 Å². The molecule has 7 heteroatoms. The van der Waals surface area contributed by atoms with Crippen molar-refractivity contribution < 1.29 is 8.42 Å². The Kier molecular flexibility index (Phi) is 3.32. The summed E-state index contributed by atoms with van der Waals surface area (Å²) in [6, 6.07) is 3.78. The number of rotatable bonds is 4. The van der Waals surface area contributed by atoms with E-state index in [2.05, 4.69) is 9.82 Å². The molecule has 2 heterocycles. The highest BCUT2D eigenvalue weighted by molar-refractivity contribution is 7.89. The molecule has 0 aliphatic heterocycles. The Morgan fingerprint density at radius 2 is 2.29 bits per heavy atom. The van der Waals surface area contributed by atoms with Crippen LogP contribution in [0.4, 0.5) is 0 Å². The number of nitrogens with one attached hydrogen (secondary N) is 1. The third-order valence-electron chi connectivity index (χ3n) is 2.27. The molecule has 0 bridgehead atoms. The first-order valence-electron chi connectivity index (χ1n) is 5.01. The highest BCUT2D eigenvalue weighted by atomic mass is 32.2. The highest BCUT2D eigenvalue weighted by Gasteiger charge is 2.19. The van der Waals surface area contributed by atoms with Gasteiger partial charge < -0.3 is 0 Å². The summed E-state index contributed by atoms with van der Waals surface area (Å²) in [4.78, 5) is 1.21. The van der Waals surface area contributed by atoms with E-state index in [-0.39, 0.29) is 4.90 Å². The fourth-order valence-electron chi connectivity index (χ4n) is 1.50. The Morgan fingerprint density at radius 1 is 1.53 bits per heavy atom. The van der Waals surface area contributed by atoms with E-state index in [1.807, 2.05) is 17.5 Å². The van der Waals surface area contributed by atoms with Crippen LogP contribution in [0.3, 0.4) is 0 Å². The molecule has 92 valence electrons. The number of aryl methyl sites for hydroxylation is 2. The Labute approximate surface area is 104 Å². The molecule has 17 heavy (non-hydrogen) atoms. The lowest BCUT2D eigenvalue weighted by Gasteiger charge is -2.03. The quantitative estimate of drug-likeness (QED) is 0.910. The van der Waals surface area contributed by atoms with Gasteiger partial charge in [-0.05, 0) is 18.4 Å². The van der Waals surface area contributed by atoms with Gasteiger partial charge in [0.25, 0.3) is 0 Å². The van der Waals surface area contributed by atoms with Gasteiger partial charge in [0.1, 0.15) is 4.90 Å². The molecule has 0 unspecified atom stereocenters. The maximum Gasteiger partial charge on any atom is 0.244 e. The van der Waals surface area contributed by atoms with E-state index in [1.165, 1.54) is 22.2 Å². The summed E-state index contributed by atoms with van der Waals surface area (Å²) < 4.78 is 28.1. The molecule has 0 atom stereocenters. The van der Waals surface area contributed by atoms with E-state index in [9.17, 15) is 8.42 Å². The maximum atomic E-state index is 12.0. The molecule has 0 saturated heterocycles. The minimum absolute atomic E-state index is 0.233. The Balaban J connectivity index is 2.17. The highest BCUT2D eigenvalue weighted by Crippen LogP contribution is 2.14. The van der Waals surface area contributed by atoms with Crippen molar-refractivity contribution in [3.63, 3.8) is 0 Å². The van der Waals surface area contributed by atoms with Crippen LogP contribution in [0.2, 0.25) is 0 Å². The standard InChI is InChI=1S/C10H13N3O2S2/c1-8-10(7-13(2)12-8)17(14,15)11-6-9-4-3-5-16-9/h3-5,7,11H,6H2,1-2H3. The number of hydrogen-bond donors (Lipinski definition) is 1. The molecule has 5 nitrogen and oxygen atoms in total. The second kappa shape index (κ2) is 4.59. The van der Waals surface area contributed by atoms with E-state index in [4.69, 9.17) is 0 Å². The van der Waals surface area contributed by atoms with Gasteiger partial charge in [0.15, 0.2) is 0 Å². The van der Waals surface area contributed by atoms with Gasteiger partial charge in [-0.2, -0.15) is 5.10 Å².